The molecule has 0 fully saturated rings. The molecular formula is C26H17BrO2. The standard InChI is InChI=1S/C26H17BrO2/c1-16-7-9-17(10-8-16)19-13-21(18-5-3-2-4-6-18)25-22-15-20(27)11-12-24(22)29-26(28)23(25)14-19/h2-15H,1H3. The number of hydrogen-bond acceptors (Lipinski definition) is 2. The molecule has 3 heteroatoms. The van der Waals surface area contributed by atoms with Crippen LogP contribution in [-0.4, -0.2) is 0 Å². The highest BCUT2D eigenvalue weighted by Gasteiger charge is 2.15. The number of benzene rings is 4. The van der Waals surface area contributed by atoms with E-state index in [2.05, 4.69) is 65.3 Å². The Morgan fingerprint density at radius 1 is 0.724 bits per heavy atom. The normalized spacial score (nSPS) is 11.2. The summed E-state index contributed by atoms with van der Waals surface area (Å²) in [4.78, 5) is 12.9. The smallest absolute Gasteiger partial charge is 0.344 e. The van der Waals surface area contributed by atoms with E-state index < -0.39 is 0 Å². The molecule has 0 atom stereocenters. The van der Waals surface area contributed by atoms with E-state index in [0.29, 0.717) is 11.0 Å². The van der Waals surface area contributed by atoms with Crippen LogP contribution in [0, 0.1) is 6.92 Å². The highest BCUT2D eigenvalue weighted by atomic mass is 79.9. The second-order valence-corrected chi connectivity index (χ2v) is 8.12. The largest absolute Gasteiger partial charge is 0.422 e. The van der Waals surface area contributed by atoms with E-state index in [-0.39, 0.29) is 5.63 Å². The summed E-state index contributed by atoms with van der Waals surface area (Å²) in [6.07, 6.45) is 0. The fraction of sp³-hybridized carbons (Fsp3) is 0.0385. The molecule has 2 nitrogen and oxygen atoms in total. The fourth-order valence-electron chi connectivity index (χ4n) is 3.79. The summed E-state index contributed by atoms with van der Waals surface area (Å²) in [6.45, 7) is 2.07. The third-order valence-electron chi connectivity index (χ3n) is 5.24. The van der Waals surface area contributed by atoms with Gasteiger partial charge < -0.3 is 4.42 Å². The lowest BCUT2D eigenvalue weighted by Crippen LogP contribution is -2.01. The minimum atomic E-state index is -0.319. The van der Waals surface area contributed by atoms with Crippen molar-refractivity contribution in [1.29, 1.82) is 0 Å². The summed E-state index contributed by atoms with van der Waals surface area (Å²) in [7, 11) is 0. The lowest BCUT2D eigenvalue weighted by Gasteiger charge is -2.13. The van der Waals surface area contributed by atoms with Gasteiger partial charge in [-0.1, -0.05) is 76.1 Å². The maximum Gasteiger partial charge on any atom is 0.344 e. The van der Waals surface area contributed by atoms with E-state index in [4.69, 9.17) is 4.42 Å². The van der Waals surface area contributed by atoms with Gasteiger partial charge in [0.05, 0.1) is 5.39 Å². The zero-order valence-electron chi connectivity index (χ0n) is 15.8. The maximum absolute atomic E-state index is 12.9. The molecule has 4 aromatic carbocycles. The van der Waals surface area contributed by atoms with Crippen LogP contribution in [0.5, 0.6) is 0 Å². The minimum Gasteiger partial charge on any atom is -0.422 e. The highest BCUT2D eigenvalue weighted by molar-refractivity contribution is 9.10. The van der Waals surface area contributed by atoms with Crippen LogP contribution in [0.25, 0.3) is 44.0 Å². The zero-order chi connectivity index (χ0) is 20.0. The number of halogens is 1. The van der Waals surface area contributed by atoms with E-state index in [9.17, 15) is 4.79 Å². The predicted molar refractivity (Wildman–Crippen MR) is 123 cm³/mol. The first-order valence-corrected chi connectivity index (χ1v) is 10.2. The Morgan fingerprint density at radius 3 is 2.24 bits per heavy atom. The molecule has 140 valence electrons. The van der Waals surface area contributed by atoms with Crippen molar-refractivity contribution in [3.05, 3.63) is 105 Å². The van der Waals surface area contributed by atoms with Crippen LogP contribution in [0.15, 0.2) is 98.6 Å². The first-order chi connectivity index (χ1) is 14.1. The van der Waals surface area contributed by atoms with Crippen LogP contribution in [0.3, 0.4) is 0 Å². The molecule has 1 heterocycles. The fourth-order valence-corrected chi connectivity index (χ4v) is 4.15. The molecule has 0 aliphatic heterocycles. The van der Waals surface area contributed by atoms with E-state index in [1.165, 1.54) is 5.56 Å². The van der Waals surface area contributed by atoms with Gasteiger partial charge in [0.15, 0.2) is 0 Å². The third kappa shape index (κ3) is 3.18. The average molecular weight is 441 g/mol. The molecule has 0 bridgehead atoms. The molecule has 0 amide bonds. The summed E-state index contributed by atoms with van der Waals surface area (Å²) in [5, 5.41) is 2.43. The van der Waals surface area contributed by atoms with Gasteiger partial charge in [-0.05, 0) is 59.5 Å². The quantitative estimate of drug-likeness (QED) is 0.212. The van der Waals surface area contributed by atoms with Gasteiger partial charge in [-0.15, -0.1) is 0 Å². The topological polar surface area (TPSA) is 30.2 Å². The van der Waals surface area contributed by atoms with Crippen molar-refractivity contribution in [2.45, 2.75) is 6.92 Å². The summed E-state index contributed by atoms with van der Waals surface area (Å²) in [6, 6.07) is 28.4. The molecule has 0 radical (unpaired) electrons. The first kappa shape index (κ1) is 17.9. The lowest BCUT2D eigenvalue weighted by molar-refractivity contribution is 0.569. The summed E-state index contributed by atoms with van der Waals surface area (Å²) >= 11 is 3.56. The highest BCUT2D eigenvalue weighted by Crippen LogP contribution is 2.37. The maximum atomic E-state index is 12.9. The second kappa shape index (κ2) is 7.02. The molecule has 5 aromatic rings. The third-order valence-corrected chi connectivity index (χ3v) is 5.73. The van der Waals surface area contributed by atoms with Crippen molar-refractivity contribution in [3.8, 4) is 22.3 Å². The van der Waals surface area contributed by atoms with Gasteiger partial charge in [-0.3, -0.25) is 0 Å². The summed E-state index contributed by atoms with van der Waals surface area (Å²) < 4.78 is 6.60. The van der Waals surface area contributed by atoms with Gasteiger partial charge in [0.25, 0.3) is 0 Å². The van der Waals surface area contributed by atoms with Crippen molar-refractivity contribution in [1.82, 2.24) is 0 Å². The number of rotatable bonds is 2. The minimum absolute atomic E-state index is 0.319. The van der Waals surface area contributed by atoms with Crippen LogP contribution >= 0.6 is 15.9 Å². The van der Waals surface area contributed by atoms with E-state index in [0.717, 1.165) is 37.5 Å². The van der Waals surface area contributed by atoms with Crippen molar-refractivity contribution in [2.75, 3.05) is 0 Å². The van der Waals surface area contributed by atoms with Gasteiger partial charge in [-0.2, -0.15) is 0 Å². The lowest BCUT2D eigenvalue weighted by atomic mass is 9.92. The molecule has 0 aliphatic carbocycles. The van der Waals surface area contributed by atoms with Gasteiger partial charge in [0.2, 0.25) is 0 Å². The Balaban J connectivity index is 1.95. The van der Waals surface area contributed by atoms with E-state index in [1.54, 1.807) is 0 Å². The first-order valence-electron chi connectivity index (χ1n) is 9.43. The Hall–Kier alpha value is -3.17. The van der Waals surface area contributed by atoms with Crippen LogP contribution in [0.1, 0.15) is 5.56 Å². The molecule has 0 saturated heterocycles. The Morgan fingerprint density at radius 2 is 1.48 bits per heavy atom. The predicted octanol–water partition coefficient (Wildman–Crippen LogP) is 7.35. The van der Waals surface area contributed by atoms with Crippen LogP contribution < -0.4 is 5.63 Å². The van der Waals surface area contributed by atoms with Gasteiger partial charge in [0.1, 0.15) is 5.58 Å². The molecule has 0 unspecified atom stereocenters. The van der Waals surface area contributed by atoms with Crippen LogP contribution in [0.2, 0.25) is 0 Å². The van der Waals surface area contributed by atoms with Crippen LogP contribution in [-0.2, 0) is 0 Å². The Labute approximate surface area is 176 Å². The van der Waals surface area contributed by atoms with Crippen LogP contribution in [0.4, 0.5) is 0 Å². The SMILES string of the molecule is Cc1ccc(-c2cc(-c3ccccc3)c3c(c2)c(=O)oc2ccc(Br)cc23)cc1. The number of fused-ring (bicyclic) bond motifs is 3. The molecule has 0 aliphatic rings. The Kier molecular flexibility index (Phi) is 4.33. The molecule has 0 saturated carbocycles. The number of aryl methyl sites for hydroxylation is 1. The monoisotopic (exact) mass is 440 g/mol. The number of hydrogen-bond donors (Lipinski definition) is 0. The van der Waals surface area contributed by atoms with E-state index >= 15 is 0 Å². The van der Waals surface area contributed by atoms with Gasteiger partial charge in [-0.25, -0.2) is 4.79 Å². The zero-order valence-corrected chi connectivity index (χ0v) is 17.4. The molecule has 5 rings (SSSR count). The Bertz CT molecular complexity index is 1420. The molecule has 0 N–H and O–H groups in total. The van der Waals surface area contributed by atoms with E-state index in [1.807, 2.05) is 42.5 Å². The molecule has 29 heavy (non-hydrogen) atoms. The molecule has 1 aromatic heterocycles. The van der Waals surface area contributed by atoms with Crippen molar-refractivity contribution < 1.29 is 4.42 Å². The molecular weight excluding hydrogens is 424 g/mol. The van der Waals surface area contributed by atoms with Gasteiger partial charge in [0, 0.05) is 15.2 Å². The van der Waals surface area contributed by atoms with Crippen molar-refractivity contribution in [2.24, 2.45) is 0 Å². The summed E-state index contributed by atoms with van der Waals surface area (Å²) in [5.41, 5.74) is 5.63. The van der Waals surface area contributed by atoms with Gasteiger partial charge >= 0.3 is 5.63 Å². The average Bonchev–Trinajstić information content (AvgIpc) is 2.75. The summed E-state index contributed by atoms with van der Waals surface area (Å²) in [5.74, 6) is 0. The van der Waals surface area contributed by atoms with Crippen molar-refractivity contribution >= 4 is 37.7 Å². The van der Waals surface area contributed by atoms with Crippen molar-refractivity contribution in [3.63, 3.8) is 0 Å². The second-order valence-electron chi connectivity index (χ2n) is 7.21. The molecule has 0 spiro atoms.